The maximum absolute atomic E-state index is 12.9. The minimum absolute atomic E-state index is 0.105. The van der Waals surface area contributed by atoms with E-state index in [9.17, 15) is 30.3 Å². The number of fused-ring (bicyclic) bond motifs is 2. The quantitative estimate of drug-likeness (QED) is 0.341. The Morgan fingerprint density at radius 3 is 2.22 bits per heavy atom. The Morgan fingerprint density at radius 2 is 1.57 bits per heavy atom. The lowest BCUT2D eigenvalue weighted by atomic mass is 9.91. The standard InChI is InChI=1S/C26H24O11/c1-33-17-6-11(7-18(34-2)21(17)30)24-19(10-27)37-25-13(4-3-5-15(25)35-24)26-23(32)22(31)20-14(29)8-12(28)9-16(20)36-26/h3-9,19,23-24,26-30,32H,10H2,1-2H3/t19-,23-,24-,26+/m0/s1. The van der Waals surface area contributed by atoms with Crippen molar-refractivity contribution in [2.75, 3.05) is 20.8 Å². The molecule has 3 aromatic rings. The molecule has 11 nitrogen and oxygen atoms in total. The van der Waals surface area contributed by atoms with Crippen LogP contribution < -0.4 is 23.7 Å². The van der Waals surface area contributed by atoms with Crippen LogP contribution in [-0.2, 0) is 0 Å². The van der Waals surface area contributed by atoms with E-state index in [0.717, 1.165) is 12.1 Å². The van der Waals surface area contributed by atoms with Gasteiger partial charge in [-0.25, -0.2) is 0 Å². The molecule has 0 spiro atoms. The Hall–Kier alpha value is -4.35. The van der Waals surface area contributed by atoms with Crippen molar-refractivity contribution in [1.82, 2.24) is 0 Å². The summed E-state index contributed by atoms with van der Waals surface area (Å²) < 4.78 is 28.6. The minimum atomic E-state index is -1.70. The first-order chi connectivity index (χ1) is 17.8. The molecule has 2 aliphatic heterocycles. The minimum Gasteiger partial charge on any atom is -0.508 e. The molecule has 0 saturated heterocycles. The van der Waals surface area contributed by atoms with Gasteiger partial charge in [0, 0.05) is 23.3 Å². The van der Waals surface area contributed by atoms with Crippen molar-refractivity contribution in [1.29, 1.82) is 0 Å². The van der Waals surface area contributed by atoms with Crippen molar-refractivity contribution < 1.29 is 54.0 Å². The topological polar surface area (TPSA) is 164 Å². The Kier molecular flexibility index (Phi) is 6.10. The Bertz CT molecular complexity index is 1340. The highest BCUT2D eigenvalue weighted by atomic mass is 16.6. The number of hydrogen-bond donors (Lipinski definition) is 5. The second-order valence-corrected chi connectivity index (χ2v) is 8.51. The molecule has 4 atom stereocenters. The van der Waals surface area contributed by atoms with E-state index in [0.29, 0.717) is 5.56 Å². The molecular formula is C26H24O11. The van der Waals surface area contributed by atoms with Crippen LogP contribution >= 0.6 is 0 Å². The summed E-state index contributed by atoms with van der Waals surface area (Å²) in [7, 11) is 2.77. The molecule has 0 bridgehead atoms. The van der Waals surface area contributed by atoms with E-state index in [1.807, 2.05) is 0 Å². The SMILES string of the molecule is COc1cc([C@@H]2Oc3cccc([C@H]4Oc5cc(O)cc(O)c5C(=O)[C@@H]4O)c3O[C@H]2CO)cc(OC)c1O. The number of aliphatic hydroxyl groups is 2. The highest BCUT2D eigenvalue weighted by Gasteiger charge is 2.43. The number of aromatic hydroxyl groups is 3. The monoisotopic (exact) mass is 512 g/mol. The number of ether oxygens (including phenoxy) is 5. The van der Waals surface area contributed by atoms with E-state index < -0.39 is 42.6 Å². The lowest BCUT2D eigenvalue weighted by molar-refractivity contribution is -0.0185. The molecule has 0 saturated carbocycles. The van der Waals surface area contributed by atoms with Crippen LogP contribution in [0.1, 0.15) is 33.7 Å². The van der Waals surface area contributed by atoms with Gasteiger partial charge in [-0.05, 0) is 18.2 Å². The van der Waals surface area contributed by atoms with E-state index in [2.05, 4.69) is 0 Å². The van der Waals surface area contributed by atoms with Crippen molar-refractivity contribution in [3.8, 4) is 46.0 Å². The number of rotatable bonds is 5. The van der Waals surface area contributed by atoms with Crippen molar-refractivity contribution in [3.05, 3.63) is 59.2 Å². The van der Waals surface area contributed by atoms with E-state index in [4.69, 9.17) is 23.7 Å². The first kappa shape index (κ1) is 24.3. The zero-order valence-electron chi connectivity index (χ0n) is 19.7. The summed E-state index contributed by atoms with van der Waals surface area (Å²) >= 11 is 0. The van der Waals surface area contributed by atoms with Crippen molar-refractivity contribution in [2.24, 2.45) is 0 Å². The molecule has 0 amide bonds. The van der Waals surface area contributed by atoms with E-state index in [-0.39, 0.29) is 51.4 Å². The molecule has 0 unspecified atom stereocenters. The summed E-state index contributed by atoms with van der Waals surface area (Å²) in [5, 5.41) is 51.1. The number of carbonyl (C=O) groups is 1. The average molecular weight is 512 g/mol. The third-order valence-corrected chi connectivity index (χ3v) is 6.31. The predicted octanol–water partition coefficient (Wildman–Crippen LogP) is 2.37. The summed E-state index contributed by atoms with van der Waals surface area (Å²) in [6.45, 7) is -0.471. The first-order valence-electron chi connectivity index (χ1n) is 11.2. The molecule has 0 aromatic heterocycles. The number of aliphatic hydroxyl groups excluding tert-OH is 2. The van der Waals surface area contributed by atoms with Gasteiger partial charge >= 0.3 is 0 Å². The largest absolute Gasteiger partial charge is 0.508 e. The Morgan fingerprint density at radius 1 is 0.892 bits per heavy atom. The lowest BCUT2D eigenvalue weighted by Gasteiger charge is -2.37. The maximum Gasteiger partial charge on any atom is 0.202 e. The zero-order valence-corrected chi connectivity index (χ0v) is 19.7. The van der Waals surface area contributed by atoms with Gasteiger partial charge in [0.05, 0.1) is 20.8 Å². The number of ketones is 1. The van der Waals surface area contributed by atoms with Crippen LogP contribution in [0.5, 0.6) is 46.0 Å². The molecule has 3 aromatic carbocycles. The first-order valence-corrected chi connectivity index (χ1v) is 11.2. The molecule has 0 fully saturated rings. The molecule has 0 aliphatic carbocycles. The fourth-order valence-corrected chi connectivity index (χ4v) is 4.54. The number of methoxy groups -OCH3 is 2. The number of phenolic OH excluding ortho intramolecular Hbond substituents is 3. The van der Waals surface area contributed by atoms with Crippen LogP contribution in [-0.4, -0.2) is 64.4 Å². The molecule has 0 radical (unpaired) electrons. The smallest absolute Gasteiger partial charge is 0.202 e. The summed E-state index contributed by atoms with van der Waals surface area (Å²) in [5.41, 5.74) is 0.502. The molecule has 2 heterocycles. The van der Waals surface area contributed by atoms with Crippen molar-refractivity contribution in [2.45, 2.75) is 24.4 Å². The summed E-state index contributed by atoms with van der Waals surface area (Å²) in [5.74, 6) is -1.28. The fraction of sp³-hybridized carbons (Fsp3) is 0.269. The van der Waals surface area contributed by atoms with Crippen LogP contribution in [0.3, 0.4) is 0 Å². The highest BCUT2D eigenvalue weighted by molar-refractivity contribution is 6.05. The van der Waals surface area contributed by atoms with E-state index in [1.165, 1.54) is 26.4 Å². The van der Waals surface area contributed by atoms with Gasteiger partial charge in [-0.3, -0.25) is 4.79 Å². The summed E-state index contributed by atoms with van der Waals surface area (Å²) in [6, 6.07) is 10.00. The summed E-state index contributed by atoms with van der Waals surface area (Å²) in [4.78, 5) is 12.9. The molecule has 2 aliphatic rings. The molecule has 11 heteroatoms. The Balaban J connectivity index is 1.54. The number of benzene rings is 3. The third kappa shape index (κ3) is 3.98. The number of phenols is 3. The summed E-state index contributed by atoms with van der Waals surface area (Å²) in [6.07, 6.45) is -4.74. The van der Waals surface area contributed by atoms with Crippen LogP contribution in [0.2, 0.25) is 0 Å². The molecule has 194 valence electrons. The van der Waals surface area contributed by atoms with Gasteiger partial charge in [0.2, 0.25) is 11.5 Å². The number of para-hydroxylation sites is 1. The number of carbonyl (C=O) groups excluding carboxylic acids is 1. The van der Waals surface area contributed by atoms with Gasteiger partial charge in [-0.1, -0.05) is 12.1 Å². The number of hydrogen-bond acceptors (Lipinski definition) is 11. The molecule has 37 heavy (non-hydrogen) atoms. The van der Waals surface area contributed by atoms with E-state index in [1.54, 1.807) is 18.2 Å². The average Bonchev–Trinajstić information content (AvgIpc) is 2.89. The van der Waals surface area contributed by atoms with Gasteiger partial charge in [0.1, 0.15) is 22.8 Å². The normalized spacial score (nSPS) is 22.1. The zero-order chi connectivity index (χ0) is 26.4. The maximum atomic E-state index is 12.9. The van der Waals surface area contributed by atoms with Gasteiger partial charge < -0.3 is 49.2 Å². The van der Waals surface area contributed by atoms with Crippen LogP contribution in [0.15, 0.2) is 42.5 Å². The molecule has 5 N–H and O–H groups in total. The van der Waals surface area contributed by atoms with Gasteiger partial charge in [0.15, 0.2) is 47.4 Å². The van der Waals surface area contributed by atoms with Crippen molar-refractivity contribution in [3.63, 3.8) is 0 Å². The van der Waals surface area contributed by atoms with Crippen LogP contribution in [0.25, 0.3) is 0 Å². The third-order valence-electron chi connectivity index (χ3n) is 6.31. The van der Waals surface area contributed by atoms with Gasteiger partial charge in [-0.2, -0.15) is 0 Å². The fourth-order valence-electron chi connectivity index (χ4n) is 4.54. The van der Waals surface area contributed by atoms with Crippen LogP contribution in [0, 0.1) is 0 Å². The predicted molar refractivity (Wildman–Crippen MR) is 126 cm³/mol. The number of Topliss-reactive ketones (excluding diaryl/α,β-unsaturated/α-hetero) is 1. The van der Waals surface area contributed by atoms with Crippen molar-refractivity contribution >= 4 is 5.78 Å². The highest BCUT2D eigenvalue weighted by Crippen LogP contribution is 2.49. The van der Waals surface area contributed by atoms with Gasteiger partial charge in [0.25, 0.3) is 0 Å². The lowest BCUT2D eigenvalue weighted by Crippen LogP contribution is -2.39. The van der Waals surface area contributed by atoms with Crippen LogP contribution in [0.4, 0.5) is 0 Å². The molecular weight excluding hydrogens is 488 g/mol. The van der Waals surface area contributed by atoms with Gasteiger partial charge in [-0.15, -0.1) is 0 Å². The second-order valence-electron chi connectivity index (χ2n) is 8.51. The second kappa shape index (κ2) is 9.26. The van der Waals surface area contributed by atoms with E-state index >= 15 is 0 Å². The molecule has 5 rings (SSSR count). The Labute approximate surface area is 210 Å².